The van der Waals surface area contributed by atoms with Crippen LogP contribution in [0, 0.1) is 5.92 Å². The zero-order valence-electron chi connectivity index (χ0n) is 15.4. The number of likely N-dealkylation sites (tertiary alicyclic amines) is 1. The van der Waals surface area contributed by atoms with Crippen LogP contribution < -0.4 is 0 Å². The van der Waals surface area contributed by atoms with Crippen molar-refractivity contribution in [1.82, 2.24) is 9.88 Å². The van der Waals surface area contributed by atoms with Crippen LogP contribution in [-0.4, -0.2) is 33.5 Å². The van der Waals surface area contributed by atoms with E-state index in [0.717, 1.165) is 42.5 Å². The lowest BCUT2D eigenvalue weighted by Crippen LogP contribution is -2.39. The summed E-state index contributed by atoms with van der Waals surface area (Å²) in [5, 5.41) is 10.2. The van der Waals surface area contributed by atoms with Crippen LogP contribution in [-0.2, 0) is 11.2 Å². The van der Waals surface area contributed by atoms with Crippen molar-refractivity contribution < 1.29 is 9.90 Å². The minimum atomic E-state index is -0.00736. The number of nitrogens with zero attached hydrogens (tertiary/aromatic N) is 2. The predicted molar refractivity (Wildman–Crippen MR) is 107 cm³/mol. The molecule has 142 valence electrons. The van der Waals surface area contributed by atoms with Crippen LogP contribution >= 0.6 is 11.6 Å². The molecule has 2 heterocycles. The van der Waals surface area contributed by atoms with Crippen LogP contribution in [0.2, 0.25) is 5.02 Å². The van der Waals surface area contributed by atoms with Crippen molar-refractivity contribution in [2.75, 3.05) is 6.54 Å². The van der Waals surface area contributed by atoms with E-state index >= 15 is 0 Å². The Morgan fingerprint density at radius 3 is 2.59 bits per heavy atom. The van der Waals surface area contributed by atoms with E-state index in [4.69, 9.17) is 11.6 Å². The molecule has 4 rings (SSSR count). The van der Waals surface area contributed by atoms with Gasteiger partial charge in [-0.1, -0.05) is 43.0 Å². The fraction of sp³-hybridized carbons (Fsp3) is 0.455. The van der Waals surface area contributed by atoms with Crippen molar-refractivity contribution in [1.29, 1.82) is 0 Å². The van der Waals surface area contributed by atoms with Gasteiger partial charge >= 0.3 is 0 Å². The molecule has 4 nitrogen and oxygen atoms in total. The zero-order valence-corrected chi connectivity index (χ0v) is 16.2. The zero-order chi connectivity index (χ0) is 18.8. The van der Waals surface area contributed by atoms with Gasteiger partial charge in [0.2, 0.25) is 11.8 Å². The van der Waals surface area contributed by atoms with Crippen molar-refractivity contribution in [3.63, 3.8) is 0 Å². The highest BCUT2D eigenvalue weighted by molar-refractivity contribution is 6.31. The summed E-state index contributed by atoms with van der Waals surface area (Å²) in [7, 11) is 0. The van der Waals surface area contributed by atoms with Crippen LogP contribution in [0.5, 0.6) is 5.88 Å². The molecule has 0 radical (unpaired) electrons. The third-order valence-corrected chi connectivity index (χ3v) is 6.32. The van der Waals surface area contributed by atoms with E-state index in [-0.39, 0.29) is 11.8 Å². The van der Waals surface area contributed by atoms with E-state index in [1.54, 1.807) is 12.3 Å². The number of halogens is 1. The number of aromatic hydroxyl groups is 1. The van der Waals surface area contributed by atoms with Crippen molar-refractivity contribution >= 4 is 17.5 Å². The second kappa shape index (κ2) is 7.89. The number of hydrogen-bond donors (Lipinski definition) is 1. The summed E-state index contributed by atoms with van der Waals surface area (Å²) in [6, 6.07) is 9.82. The van der Waals surface area contributed by atoms with Gasteiger partial charge in [-0.05, 0) is 54.5 Å². The van der Waals surface area contributed by atoms with Gasteiger partial charge in [0.15, 0.2) is 0 Å². The smallest absolute Gasteiger partial charge is 0.226 e. The van der Waals surface area contributed by atoms with E-state index in [9.17, 15) is 9.90 Å². The number of amides is 1. The predicted octanol–water partition coefficient (Wildman–Crippen LogP) is 4.83. The highest BCUT2D eigenvalue weighted by Crippen LogP contribution is 2.33. The maximum Gasteiger partial charge on any atom is 0.226 e. The molecule has 1 aliphatic heterocycles. The van der Waals surface area contributed by atoms with Gasteiger partial charge in [0.1, 0.15) is 0 Å². The Bertz CT molecular complexity index is 833. The highest BCUT2D eigenvalue weighted by Gasteiger charge is 2.36. The molecule has 2 aromatic rings. The van der Waals surface area contributed by atoms with E-state index in [1.807, 2.05) is 24.3 Å². The molecule has 2 fully saturated rings. The van der Waals surface area contributed by atoms with Gasteiger partial charge in [-0.3, -0.25) is 4.79 Å². The second-order valence-electron chi connectivity index (χ2n) is 7.72. The van der Waals surface area contributed by atoms with Gasteiger partial charge < -0.3 is 10.0 Å². The number of carbonyl (C=O) groups excluding carboxylic acids is 1. The molecular weight excluding hydrogens is 360 g/mol. The highest BCUT2D eigenvalue weighted by atomic mass is 35.5. The number of rotatable bonds is 4. The molecule has 1 N–H and O–H groups in total. The lowest BCUT2D eigenvalue weighted by molar-refractivity contribution is -0.133. The summed E-state index contributed by atoms with van der Waals surface area (Å²) in [5.74, 6) is 0.341. The molecule has 1 amide bonds. The van der Waals surface area contributed by atoms with Gasteiger partial charge in [-0.2, -0.15) is 0 Å². The fourth-order valence-electron chi connectivity index (χ4n) is 4.46. The summed E-state index contributed by atoms with van der Waals surface area (Å²) in [5.41, 5.74) is 2.82. The molecule has 1 saturated carbocycles. The first-order valence-electron chi connectivity index (χ1n) is 9.86. The van der Waals surface area contributed by atoms with E-state index in [1.165, 1.54) is 19.3 Å². The molecule has 1 aromatic heterocycles. The summed E-state index contributed by atoms with van der Waals surface area (Å²) in [4.78, 5) is 18.8. The molecule has 0 spiro atoms. The summed E-state index contributed by atoms with van der Waals surface area (Å²) in [6.07, 6.45) is 9.31. The van der Waals surface area contributed by atoms with Crippen molar-refractivity contribution in [2.45, 2.75) is 51.0 Å². The fourth-order valence-corrected chi connectivity index (χ4v) is 4.72. The molecule has 1 unspecified atom stereocenters. The van der Waals surface area contributed by atoms with E-state index < -0.39 is 0 Å². The van der Waals surface area contributed by atoms with Gasteiger partial charge in [0.05, 0.1) is 0 Å². The third kappa shape index (κ3) is 3.96. The molecule has 5 heteroatoms. The number of aromatic nitrogens is 1. The van der Waals surface area contributed by atoms with Crippen molar-refractivity contribution in [2.24, 2.45) is 5.92 Å². The number of benzene rings is 1. The van der Waals surface area contributed by atoms with Gasteiger partial charge in [0, 0.05) is 35.8 Å². The Labute approximate surface area is 165 Å². The van der Waals surface area contributed by atoms with Crippen LogP contribution in [0.25, 0.3) is 11.1 Å². The Morgan fingerprint density at radius 1 is 1.07 bits per heavy atom. The van der Waals surface area contributed by atoms with Gasteiger partial charge in [0.25, 0.3) is 0 Å². The summed E-state index contributed by atoms with van der Waals surface area (Å²) in [6.45, 7) is 0.889. The molecule has 1 aromatic carbocycles. The van der Waals surface area contributed by atoms with Crippen LogP contribution in [0.1, 0.15) is 44.1 Å². The Kier molecular flexibility index (Phi) is 5.35. The molecule has 27 heavy (non-hydrogen) atoms. The maximum absolute atomic E-state index is 12.9. The standard InChI is InChI=1S/C22H25ClN2O2/c23-20-13-15(16-8-10-24-21(26)14-16)6-7-17(20)12-18-9-11-25(22(18)27)19-4-2-1-3-5-19/h6-8,10,13-14,18-19H,1-5,9,11-12H2,(H,24,26). The Balaban J connectivity index is 1.46. The average Bonchev–Trinajstić information content (AvgIpc) is 3.04. The minimum Gasteiger partial charge on any atom is -0.493 e. The lowest BCUT2D eigenvalue weighted by Gasteiger charge is -2.31. The Morgan fingerprint density at radius 2 is 1.85 bits per heavy atom. The van der Waals surface area contributed by atoms with Gasteiger partial charge in [-0.25, -0.2) is 4.98 Å². The first kappa shape index (κ1) is 18.3. The van der Waals surface area contributed by atoms with E-state index in [2.05, 4.69) is 9.88 Å². The average molecular weight is 385 g/mol. The normalized spacial score (nSPS) is 21.0. The Hall–Kier alpha value is -2.07. The minimum absolute atomic E-state index is 0.00736. The molecule has 0 bridgehead atoms. The van der Waals surface area contributed by atoms with Crippen LogP contribution in [0.4, 0.5) is 0 Å². The summed E-state index contributed by atoms with van der Waals surface area (Å²) < 4.78 is 0. The maximum atomic E-state index is 12.9. The SMILES string of the molecule is O=C1C(Cc2ccc(-c3ccnc(O)c3)cc2Cl)CCN1C1CCCCC1. The number of hydrogen-bond acceptors (Lipinski definition) is 3. The topological polar surface area (TPSA) is 53.4 Å². The molecule has 1 atom stereocenters. The lowest BCUT2D eigenvalue weighted by atomic mass is 9.93. The van der Waals surface area contributed by atoms with Crippen LogP contribution in [0.3, 0.4) is 0 Å². The van der Waals surface area contributed by atoms with Crippen molar-refractivity contribution in [3.8, 4) is 17.0 Å². The monoisotopic (exact) mass is 384 g/mol. The molecule has 1 saturated heterocycles. The third-order valence-electron chi connectivity index (χ3n) is 5.96. The largest absolute Gasteiger partial charge is 0.493 e. The number of pyridine rings is 1. The first-order chi connectivity index (χ1) is 13.1. The molecule has 1 aliphatic carbocycles. The van der Waals surface area contributed by atoms with Crippen LogP contribution in [0.15, 0.2) is 36.5 Å². The number of carbonyl (C=O) groups is 1. The van der Waals surface area contributed by atoms with E-state index in [0.29, 0.717) is 23.4 Å². The first-order valence-corrected chi connectivity index (χ1v) is 10.2. The second-order valence-corrected chi connectivity index (χ2v) is 8.13. The molecular formula is C22H25ClN2O2. The van der Waals surface area contributed by atoms with Gasteiger partial charge in [-0.15, -0.1) is 0 Å². The molecule has 2 aliphatic rings. The van der Waals surface area contributed by atoms with Crippen molar-refractivity contribution in [3.05, 3.63) is 47.1 Å². The quantitative estimate of drug-likeness (QED) is 0.821. The summed E-state index contributed by atoms with van der Waals surface area (Å²) >= 11 is 6.53.